The van der Waals surface area contributed by atoms with E-state index in [1.54, 1.807) is 18.2 Å². The van der Waals surface area contributed by atoms with E-state index in [2.05, 4.69) is 27.8 Å². The molecule has 0 atom stereocenters. The van der Waals surface area contributed by atoms with Gasteiger partial charge < -0.3 is 10.1 Å². The van der Waals surface area contributed by atoms with Gasteiger partial charge in [0.2, 0.25) is 0 Å². The first kappa shape index (κ1) is 14.4. The standard InChI is InChI=1S/C11H10BrCl2NO2/c1-7(13)5-15-11(16)6-17-10-3-2-8(12)4-9(10)14/h2-4H,1,5-6H2,(H,15,16). The number of amides is 1. The molecule has 0 saturated carbocycles. The lowest BCUT2D eigenvalue weighted by molar-refractivity contribution is -0.122. The lowest BCUT2D eigenvalue weighted by Crippen LogP contribution is -2.29. The van der Waals surface area contributed by atoms with E-state index < -0.39 is 0 Å². The summed E-state index contributed by atoms with van der Waals surface area (Å²) in [7, 11) is 0. The molecule has 1 amide bonds. The summed E-state index contributed by atoms with van der Waals surface area (Å²) in [5, 5.41) is 3.34. The van der Waals surface area contributed by atoms with Crippen LogP contribution in [0.15, 0.2) is 34.3 Å². The molecule has 0 aliphatic carbocycles. The second-order valence-electron chi connectivity index (χ2n) is 3.16. The zero-order chi connectivity index (χ0) is 12.8. The van der Waals surface area contributed by atoms with Gasteiger partial charge >= 0.3 is 0 Å². The van der Waals surface area contributed by atoms with Gasteiger partial charge in [0.15, 0.2) is 6.61 Å². The molecule has 0 saturated heterocycles. The molecule has 1 rings (SSSR count). The van der Waals surface area contributed by atoms with E-state index in [0.717, 1.165) is 4.47 Å². The van der Waals surface area contributed by atoms with E-state index in [1.165, 1.54) is 0 Å². The first-order chi connectivity index (χ1) is 7.99. The molecule has 0 aromatic heterocycles. The highest BCUT2D eigenvalue weighted by atomic mass is 79.9. The highest BCUT2D eigenvalue weighted by Gasteiger charge is 2.06. The van der Waals surface area contributed by atoms with Gasteiger partial charge in [0.05, 0.1) is 11.6 Å². The summed E-state index contributed by atoms with van der Waals surface area (Å²) in [6, 6.07) is 5.15. The molecule has 0 bridgehead atoms. The van der Waals surface area contributed by atoms with E-state index >= 15 is 0 Å². The molecule has 1 aromatic carbocycles. The minimum atomic E-state index is -0.286. The first-order valence-electron chi connectivity index (χ1n) is 4.67. The van der Waals surface area contributed by atoms with Crippen LogP contribution in [-0.2, 0) is 4.79 Å². The molecule has 0 spiro atoms. The van der Waals surface area contributed by atoms with Gasteiger partial charge in [-0.05, 0) is 18.2 Å². The van der Waals surface area contributed by atoms with Crippen LogP contribution in [0.5, 0.6) is 5.75 Å². The van der Waals surface area contributed by atoms with Crippen LogP contribution in [0.4, 0.5) is 0 Å². The Hall–Kier alpha value is -0.710. The highest BCUT2D eigenvalue weighted by Crippen LogP contribution is 2.27. The Balaban J connectivity index is 2.44. The van der Waals surface area contributed by atoms with Crippen LogP contribution in [0.1, 0.15) is 0 Å². The molecule has 1 N–H and O–H groups in total. The number of ether oxygens (including phenoxy) is 1. The number of hydrogen-bond acceptors (Lipinski definition) is 2. The Bertz CT molecular complexity index is 437. The summed E-state index contributed by atoms with van der Waals surface area (Å²) >= 11 is 14.7. The summed E-state index contributed by atoms with van der Waals surface area (Å²) in [5.41, 5.74) is 0. The van der Waals surface area contributed by atoms with Gasteiger partial charge in [-0.25, -0.2) is 0 Å². The molecule has 0 unspecified atom stereocenters. The number of carbonyl (C=O) groups is 1. The molecule has 6 heteroatoms. The van der Waals surface area contributed by atoms with Crippen molar-refractivity contribution in [3.8, 4) is 5.75 Å². The van der Waals surface area contributed by atoms with Crippen molar-refractivity contribution in [3.63, 3.8) is 0 Å². The maximum Gasteiger partial charge on any atom is 0.258 e. The number of carbonyl (C=O) groups excluding carboxylic acids is 1. The molecular formula is C11H10BrCl2NO2. The van der Waals surface area contributed by atoms with Gasteiger partial charge in [-0.2, -0.15) is 0 Å². The molecule has 0 heterocycles. The average molecular weight is 339 g/mol. The van der Waals surface area contributed by atoms with E-state index in [4.69, 9.17) is 27.9 Å². The summed E-state index contributed by atoms with van der Waals surface area (Å²) in [5.74, 6) is 0.167. The second kappa shape index (κ2) is 6.89. The van der Waals surface area contributed by atoms with Crippen LogP contribution >= 0.6 is 39.1 Å². The van der Waals surface area contributed by atoms with Gasteiger partial charge in [0, 0.05) is 9.51 Å². The van der Waals surface area contributed by atoms with Crippen molar-refractivity contribution in [2.24, 2.45) is 0 Å². The van der Waals surface area contributed by atoms with Crippen molar-refractivity contribution in [2.75, 3.05) is 13.2 Å². The van der Waals surface area contributed by atoms with E-state index in [0.29, 0.717) is 15.8 Å². The first-order valence-corrected chi connectivity index (χ1v) is 6.22. The third kappa shape index (κ3) is 5.44. The number of rotatable bonds is 5. The van der Waals surface area contributed by atoms with Crippen LogP contribution < -0.4 is 10.1 Å². The molecule has 0 aliphatic heterocycles. The summed E-state index contributed by atoms with van der Waals surface area (Å²) < 4.78 is 6.09. The van der Waals surface area contributed by atoms with Gasteiger partial charge in [-0.15, -0.1) is 0 Å². The molecule has 0 radical (unpaired) electrons. The molecule has 0 aliphatic rings. The number of nitrogens with one attached hydrogen (secondary N) is 1. The monoisotopic (exact) mass is 337 g/mol. The Kier molecular flexibility index (Phi) is 5.82. The number of halogens is 3. The van der Waals surface area contributed by atoms with Crippen LogP contribution in [0.3, 0.4) is 0 Å². The Morgan fingerprint density at radius 3 is 2.82 bits per heavy atom. The second-order valence-corrected chi connectivity index (χ2v) is 5.01. The van der Waals surface area contributed by atoms with E-state index in [1.807, 2.05) is 0 Å². The Labute approximate surface area is 118 Å². The third-order valence-corrected chi connectivity index (χ3v) is 2.65. The fourth-order valence-corrected chi connectivity index (χ4v) is 1.78. The van der Waals surface area contributed by atoms with Crippen molar-refractivity contribution in [1.82, 2.24) is 5.32 Å². The smallest absolute Gasteiger partial charge is 0.258 e. The lowest BCUT2D eigenvalue weighted by Gasteiger charge is -2.08. The van der Waals surface area contributed by atoms with Crippen LogP contribution in [0.25, 0.3) is 0 Å². The minimum Gasteiger partial charge on any atom is -0.482 e. The molecule has 3 nitrogen and oxygen atoms in total. The van der Waals surface area contributed by atoms with Crippen molar-refractivity contribution in [3.05, 3.63) is 39.3 Å². The fraction of sp³-hybridized carbons (Fsp3) is 0.182. The van der Waals surface area contributed by atoms with E-state index in [-0.39, 0.29) is 19.1 Å². The maximum absolute atomic E-state index is 11.3. The molecule has 92 valence electrons. The highest BCUT2D eigenvalue weighted by molar-refractivity contribution is 9.10. The van der Waals surface area contributed by atoms with Gasteiger partial charge in [-0.1, -0.05) is 45.7 Å². The topological polar surface area (TPSA) is 38.3 Å². The van der Waals surface area contributed by atoms with Crippen LogP contribution in [-0.4, -0.2) is 19.1 Å². The molecule has 0 fully saturated rings. The van der Waals surface area contributed by atoms with Crippen LogP contribution in [0, 0.1) is 0 Å². The molecular weight excluding hydrogens is 329 g/mol. The summed E-state index contributed by atoms with van der Waals surface area (Å²) in [4.78, 5) is 11.3. The van der Waals surface area contributed by atoms with Gasteiger partial charge in [-0.3, -0.25) is 4.79 Å². The lowest BCUT2D eigenvalue weighted by atomic mass is 10.3. The molecule has 17 heavy (non-hydrogen) atoms. The zero-order valence-corrected chi connectivity index (χ0v) is 11.9. The largest absolute Gasteiger partial charge is 0.482 e. The Morgan fingerprint density at radius 2 is 2.24 bits per heavy atom. The SMILES string of the molecule is C=C(Cl)CNC(=O)COc1ccc(Br)cc1Cl. The number of benzene rings is 1. The van der Waals surface area contributed by atoms with Gasteiger partial charge in [0.1, 0.15) is 5.75 Å². The predicted molar refractivity (Wildman–Crippen MR) is 72.6 cm³/mol. The minimum absolute atomic E-state index is 0.120. The zero-order valence-electron chi connectivity index (χ0n) is 8.80. The summed E-state index contributed by atoms with van der Waals surface area (Å²) in [6.07, 6.45) is 0. The molecule has 1 aromatic rings. The third-order valence-electron chi connectivity index (χ3n) is 1.73. The number of hydrogen-bond donors (Lipinski definition) is 1. The van der Waals surface area contributed by atoms with E-state index in [9.17, 15) is 4.79 Å². The van der Waals surface area contributed by atoms with Gasteiger partial charge in [0.25, 0.3) is 5.91 Å². The average Bonchev–Trinajstić information content (AvgIpc) is 2.25. The normalized spacial score (nSPS) is 9.82. The van der Waals surface area contributed by atoms with Crippen molar-refractivity contribution < 1.29 is 9.53 Å². The van der Waals surface area contributed by atoms with Crippen LogP contribution in [0.2, 0.25) is 5.02 Å². The quantitative estimate of drug-likeness (QED) is 0.894. The fourth-order valence-electron chi connectivity index (χ4n) is 0.981. The van der Waals surface area contributed by atoms with Crippen molar-refractivity contribution in [2.45, 2.75) is 0 Å². The maximum atomic E-state index is 11.3. The van der Waals surface area contributed by atoms with Crippen molar-refractivity contribution >= 4 is 45.0 Å². The Morgan fingerprint density at radius 1 is 1.53 bits per heavy atom. The van der Waals surface area contributed by atoms with Crippen molar-refractivity contribution in [1.29, 1.82) is 0 Å². The predicted octanol–water partition coefficient (Wildman–Crippen LogP) is 3.35. The summed E-state index contributed by atoms with van der Waals surface area (Å²) in [6.45, 7) is 3.55.